The van der Waals surface area contributed by atoms with Crippen LogP contribution in [0, 0.1) is 19.8 Å². The third kappa shape index (κ3) is 4.77. The molecule has 0 amide bonds. The molecular weight excluding hydrogens is 358 g/mol. The van der Waals surface area contributed by atoms with Gasteiger partial charge in [-0.2, -0.15) is 5.10 Å². The Morgan fingerprint density at radius 3 is 2.55 bits per heavy atom. The van der Waals surface area contributed by atoms with Crippen LogP contribution in [-0.2, 0) is 13.0 Å². The van der Waals surface area contributed by atoms with Crippen molar-refractivity contribution >= 4 is 0 Å². The number of benzene rings is 2. The Labute approximate surface area is 173 Å². The topological polar surface area (TPSA) is 52.2 Å². The zero-order valence-electron chi connectivity index (χ0n) is 17.4. The number of aliphatic hydroxyl groups excluding tert-OH is 1. The zero-order valence-corrected chi connectivity index (χ0v) is 17.4. The summed E-state index contributed by atoms with van der Waals surface area (Å²) in [5.41, 5.74) is 7.41. The summed E-state index contributed by atoms with van der Waals surface area (Å²) in [6, 6.07) is 16.9. The zero-order chi connectivity index (χ0) is 20.2. The SMILES string of the molecule is Cc1ccc(-c2[nH]ncc2CN2CCC([C@H](O)Cc3ccccc3)CC2)cc1C. The fourth-order valence-electron chi connectivity index (χ4n) is 4.34. The first-order valence-corrected chi connectivity index (χ1v) is 10.6. The molecular formula is C25H31N3O. The normalized spacial score (nSPS) is 16.8. The number of nitrogens with zero attached hydrogens (tertiary/aromatic N) is 2. The molecule has 4 nitrogen and oxygen atoms in total. The third-order valence-electron chi connectivity index (χ3n) is 6.37. The number of nitrogens with one attached hydrogen (secondary N) is 1. The van der Waals surface area contributed by atoms with Crippen molar-refractivity contribution in [1.82, 2.24) is 15.1 Å². The lowest BCUT2D eigenvalue weighted by atomic mass is 9.88. The number of aromatic nitrogens is 2. The monoisotopic (exact) mass is 389 g/mol. The summed E-state index contributed by atoms with van der Waals surface area (Å²) < 4.78 is 0. The van der Waals surface area contributed by atoms with Gasteiger partial charge in [-0.15, -0.1) is 0 Å². The fourth-order valence-corrected chi connectivity index (χ4v) is 4.34. The second-order valence-electron chi connectivity index (χ2n) is 8.44. The van der Waals surface area contributed by atoms with Gasteiger partial charge in [0, 0.05) is 17.7 Å². The van der Waals surface area contributed by atoms with E-state index in [-0.39, 0.29) is 6.10 Å². The van der Waals surface area contributed by atoms with E-state index in [1.54, 1.807) is 0 Å². The van der Waals surface area contributed by atoms with Gasteiger partial charge in [-0.05, 0) is 74.9 Å². The van der Waals surface area contributed by atoms with Crippen molar-refractivity contribution in [2.45, 2.75) is 45.8 Å². The molecule has 1 saturated heterocycles. The molecule has 0 saturated carbocycles. The maximum Gasteiger partial charge on any atom is 0.0695 e. The fraction of sp³-hybridized carbons (Fsp3) is 0.400. The number of H-pyrrole nitrogens is 1. The van der Waals surface area contributed by atoms with Gasteiger partial charge in [0.2, 0.25) is 0 Å². The van der Waals surface area contributed by atoms with Crippen molar-refractivity contribution in [2.75, 3.05) is 13.1 Å². The van der Waals surface area contributed by atoms with Crippen LogP contribution in [0.25, 0.3) is 11.3 Å². The van der Waals surface area contributed by atoms with Gasteiger partial charge in [-0.25, -0.2) is 0 Å². The summed E-state index contributed by atoms with van der Waals surface area (Å²) in [4.78, 5) is 2.49. The van der Waals surface area contributed by atoms with Crippen LogP contribution < -0.4 is 0 Å². The van der Waals surface area contributed by atoms with Crippen LogP contribution in [0.2, 0.25) is 0 Å². The van der Waals surface area contributed by atoms with Gasteiger partial charge in [-0.1, -0.05) is 42.5 Å². The van der Waals surface area contributed by atoms with Crippen molar-refractivity contribution in [1.29, 1.82) is 0 Å². The van der Waals surface area contributed by atoms with Gasteiger partial charge < -0.3 is 5.11 Å². The molecule has 4 heteroatoms. The number of aryl methyl sites for hydroxylation is 2. The number of rotatable bonds is 6. The second kappa shape index (κ2) is 8.93. The molecule has 0 radical (unpaired) electrons. The number of likely N-dealkylation sites (tertiary alicyclic amines) is 1. The Bertz CT molecular complexity index is 926. The van der Waals surface area contributed by atoms with E-state index in [1.165, 1.54) is 27.8 Å². The summed E-state index contributed by atoms with van der Waals surface area (Å²) in [5.74, 6) is 0.384. The average Bonchev–Trinajstić information content (AvgIpc) is 3.19. The molecule has 2 aromatic carbocycles. The van der Waals surface area contributed by atoms with Crippen molar-refractivity contribution in [3.05, 3.63) is 77.0 Å². The minimum Gasteiger partial charge on any atom is -0.392 e. The standard InChI is InChI=1S/C25H31N3O/c1-18-8-9-22(14-19(18)2)25-23(16-26-27-25)17-28-12-10-21(11-13-28)24(29)15-20-6-4-3-5-7-20/h3-9,14,16,21,24,29H,10-13,15,17H2,1-2H3,(H,26,27)/t24-/m1/s1. The highest BCUT2D eigenvalue weighted by atomic mass is 16.3. The van der Waals surface area contributed by atoms with Crippen molar-refractivity contribution < 1.29 is 5.11 Å². The predicted octanol–water partition coefficient (Wildman–Crippen LogP) is 4.51. The molecule has 0 spiro atoms. The van der Waals surface area contributed by atoms with Crippen LogP contribution in [0.4, 0.5) is 0 Å². The predicted molar refractivity (Wildman–Crippen MR) is 118 cm³/mol. The van der Waals surface area contributed by atoms with E-state index in [0.29, 0.717) is 5.92 Å². The first-order valence-electron chi connectivity index (χ1n) is 10.6. The largest absolute Gasteiger partial charge is 0.392 e. The summed E-state index contributed by atoms with van der Waals surface area (Å²) in [7, 11) is 0. The van der Waals surface area contributed by atoms with Crippen LogP contribution in [0.1, 0.15) is 35.1 Å². The van der Waals surface area contributed by atoms with Crippen molar-refractivity contribution in [3.63, 3.8) is 0 Å². The highest BCUT2D eigenvalue weighted by Crippen LogP contribution is 2.27. The maximum absolute atomic E-state index is 10.7. The molecule has 0 aliphatic carbocycles. The highest BCUT2D eigenvalue weighted by molar-refractivity contribution is 5.64. The molecule has 0 unspecified atom stereocenters. The number of hydrogen-bond acceptors (Lipinski definition) is 3. The number of hydrogen-bond donors (Lipinski definition) is 2. The van der Waals surface area contributed by atoms with E-state index in [2.05, 4.69) is 59.3 Å². The molecule has 1 aliphatic heterocycles. The average molecular weight is 390 g/mol. The molecule has 2 N–H and O–H groups in total. The van der Waals surface area contributed by atoms with Crippen LogP contribution >= 0.6 is 0 Å². The maximum atomic E-state index is 10.7. The minimum atomic E-state index is -0.250. The van der Waals surface area contributed by atoms with Crippen LogP contribution in [0.3, 0.4) is 0 Å². The molecule has 152 valence electrons. The number of aromatic amines is 1. The smallest absolute Gasteiger partial charge is 0.0695 e. The molecule has 1 atom stereocenters. The Morgan fingerprint density at radius 1 is 1.07 bits per heavy atom. The van der Waals surface area contributed by atoms with E-state index < -0.39 is 0 Å². The molecule has 1 aromatic heterocycles. The van der Waals surface area contributed by atoms with E-state index in [4.69, 9.17) is 0 Å². The number of aliphatic hydroxyl groups is 1. The summed E-state index contributed by atoms with van der Waals surface area (Å²) in [6.45, 7) is 7.24. The van der Waals surface area contributed by atoms with E-state index >= 15 is 0 Å². The van der Waals surface area contributed by atoms with Crippen molar-refractivity contribution in [3.8, 4) is 11.3 Å². The van der Waals surface area contributed by atoms with Crippen LogP contribution in [0.15, 0.2) is 54.7 Å². The summed E-state index contributed by atoms with van der Waals surface area (Å²) in [5, 5.41) is 18.2. The first kappa shape index (κ1) is 19.9. The van der Waals surface area contributed by atoms with Crippen LogP contribution in [0.5, 0.6) is 0 Å². The summed E-state index contributed by atoms with van der Waals surface area (Å²) >= 11 is 0. The Hall–Kier alpha value is -2.43. The first-order chi connectivity index (χ1) is 14.1. The van der Waals surface area contributed by atoms with E-state index in [0.717, 1.165) is 44.6 Å². The molecule has 29 heavy (non-hydrogen) atoms. The van der Waals surface area contributed by atoms with E-state index in [9.17, 15) is 5.11 Å². The second-order valence-corrected chi connectivity index (χ2v) is 8.44. The number of piperidine rings is 1. The van der Waals surface area contributed by atoms with Gasteiger partial charge in [0.05, 0.1) is 18.0 Å². The van der Waals surface area contributed by atoms with Gasteiger partial charge in [0.1, 0.15) is 0 Å². The molecule has 2 heterocycles. The Morgan fingerprint density at radius 2 is 1.83 bits per heavy atom. The third-order valence-corrected chi connectivity index (χ3v) is 6.37. The van der Waals surface area contributed by atoms with Gasteiger partial charge in [0.15, 0.2) is 0 Å². The highest BCUT2D eigenvalue weighted by Gasteiger charge is 2.26. The quantitative estimate of drug-likeness (QED) is 0.652. The molecule has 3 aromatic rings. The molecule has 1 aliphatic rings. The van der Waals surface area contributed by atoms with Gasteiger partial charge >= 0.3 is 0 Å². The van der Waals surface area contributed by atoms with Crippen molar-refractivity contribution in [2.24, 2.45) is 5.92 Å². The van der Waals surface area contributed by atoms with Gasteiger partial charge in [-0.3, -0.25) is 10.00 Å². The van der Waals surface area contributed by atoms with Crippen LogP contribution in [-0.4, -0.2) is 39.4 Å². The minimum absolute atomic E-state index is 0.250. The van der Waals surface area contributed by atoms with E-state index in [1.807, 2.05) is 24.4 Å². The Kier molecular flexibility index (Phi) is 6.12. The molecule has 0 bridgehead atoms. The molecule has 4 rings (SSSR count). The molecule has 1 fully saturated rings. The lowest BCUT2D eigenvalue weighted by Gasteiger charge is -2.34. The van der Waals surface area contributed by atoms with Gasteiger partial charge in [0.25, 0.3) is 0 Å². The summed E-state index contributed by atoms with van der Waals surface area (Å²) in [6.07, 6.45) is 4.56. The lowest BCUT2D eigenvalue weighted by molar-refractivity contribution is 0.0577. The lowest BCUT2D eigenvalue weighted by Crippen LogP contribution is -2.38. The Balaban J connectivity index is 1.34.